The summed E-state index contributed by atoms with van der Waals surface area (Å²) in [5.74, 6) is 0. The SMILES string of the molecule is C=Cc1c(C)ccc2c1-c1c(ccc(/C=C\C)c1C=C)[N+]2=C. The highest BCUT2D eigenvalue weighted by Gasteiger charge is 2.34. The number of benzene rings is 2. The van der Waals surface area contributed by atoms with Crippen LogP contribution >= 0.6 is 0 Å². The molecule has 0 amide bonds. The third kappa shape index (κ3) is 1.82. The molecule has 0 aliphatic carbocycles. The fraction of sp³-hybridized carbons (Fsp3) is 0.0952. The topological polar surface area (TPSA) is 3.01 Å². The van der Waals surface area contributed by atoms with Crippen LogP contribution in [0, 0.1) is 6.92 Å². The number of allylic oxidation sites excluding steroid dienone is 1. The van der Waals surface area contributed by atoms with Crippen LogP contribution in [-0.2, 0) is 0 Å². The highest BCUT2D eigenvalue weighted by molar-refractivity contribution is 6.03. The molecule has 3 rings (SSSR count). The van der Waals surface area contributed by atoms with Crippen LogP contribution in [0.5, 0.6) is 0 Å². The molecular weight excluding hydrogens is 266 g/mol. The molecule has 0 bridgehead atoms. The van der Waals surface area contributed by atoms with Crippen molar-refractivity contribution < 1.29 is 0 Å². The van der Waals surface area contributed by atoms with Crippen molar-refractivity contribution in [3.63, 3.8) is 0 Å². The van der Waals surface area contributed by atoms with Crippen molar-refractivity contribution in [3.05, 3.63) is 65.8 Å². The molecule has 0 saturated heterocycles. The van der Waals surface area contributed by atoms with Crippen LogP contribution in [-0.4, -0.2) is 6.72 Å². The molecule has 22 heavy (non-hydrogen) atoms. The monoisotopic (exact) mass is 286 g/mol. The molecule has 1 aliphatic heterocycles. The van der Waals surface area contributed by atoms with Gasteiger partial charge in [-0.05, 0) is 42.2 Å². The molecule has 0 fully saturated rings. The molecular formula is C21H20N+. The highest BCUT2D eigenvalue weighted by atomic mass is 15.0. The van der Waals surface area contributed by atoms with E-state index in [2.05, 4.69) is 63.2 Å². The van der Waals surface area contributed by atoms with Gasteiger partial charge in [0.05, 0.1) is 11.1 Å². The van der Waals surface area contributed by atoms with Gasteiger partial charge in [0.15, 0.2) is 0 Å². The zero-order chi connectivity index (χ0) is 15.9. The Balaban J connectivity index is 2.48. The van der Waals surface area contributed by atoms with Crippen LogP contribution in [0.1, 0.15) is 29.2 Å². The summed E-state index contributed by atoms with van der Waals surface area (Å²) < 4.78 is 2.00. The fourth-order valence-corrected chi connectivity index (χ4v) is 3.25. The van der Waals surface area contributed by atoms with Gasteiger partial charge in [0.25, 0.3) is 0 Å². The summed E-state index contributed by atoms with van der Waals surface area (Å²) in [5, 5.41) is 0. The molecule has 0 spiro atoms. The lowest BCUT2D eigenvalue weighted by Gasteiger charge is -2.09. The molecule has 1 nitrogen and oxygen atoms in total. The van der Waals surface area contributed by atoms with Crippen molar-refractivity contribution in [1.82, 2.24) is 4.58 Å². The highest BCUT2D eigenvalue weighted by Crippen LogP contribution is 2.50. The van der Waals surface area contributed by atoms with Gasteiger partial charge in [-0.3, -0.25) is 0 Å². The van der Waals surface area contributed by atoms with Crippen molar-refractivity contribution >= 4 is 36.3 Å². The Morgan fingerprint density at radius 2 is 1.50 bits per heavy atom. The zero-order valence-corrected chi connectivity index (χ0v) is 13.2. The molecule has 1 heterocycles. The molecule has 0 N–H and O–H groups in total. The predicted octanol–water partition coefficient (Wildman–Crippen LogP) is 5.83. The minimum atomic E-state index is 1.12. The van der Waals surface area contributed by atoms with Crippen molar-refractivity contribution in [1.29, 1.82) is 0 Å². The molecule has 1 heteroatoms. The molecule has 0 aromatic heterocycles. The van der Waals surface area contributed by atoms with E-state index in [9.17, 15) is 0 Å². The van der Waals surface area contributed by atoms with Crippen LogP contribution < -0.4 is 4.58 Å². The maximum atomic E-state index is 4.22. The van der Waals surface area contributed by atoms with E-state index in [1.54, 1.807) is 0 Å². The molecule has 0 saturated carbocycles. The Labute approximate surface area is 132 Å². The van der Waals surface area contributed by atoms with E-state index in [1.165, 1.54) is 27.8 Å². The lowest BCUT2D eigenvalue weighted by atomic mass is 9.90. The van der Waals surface area contributed by atoms with Crippen LogP contribution in [0.4, 0.5) is 11.4 Å². The van der Waals surface area contributed by atoms with Gasteiger partial charge in [-0.15, -0.1) is 0 Å². The van der Waals surface area contributed by atoms with E-state index in [0.29, 0.717) is 0 Å². The maximum absolute atomic E-state index is 4.22. The second-order valence-corrected chi connectivity index (χ2v) is 5.49. The van der Waals surface area contributed by atoms with E-state index in [-0.39, 0.29) is 0 Å². The van der Waals surface area contributed by atoms with Gasteiger partial charge >= 0.3 is 0 Å². The van der Waals surface area contributed by atoms with Crippen molar-refractivity contribution in [2.75, 3.05) is 0 Å². The smallest absolute Gasteiger partial charge is 0.166 e. The Bertz CT molecular complexity index is 851. The second-order valence-electron chi connectivity index (χ2n) is 5.49. The summed E-state index contributed by atoms with van der Waals surface area (Å²) in [7, 11) is 0. The van der Waals surface area contributed by atoms with Gasteiger partial charge in [-0.25, -0.2) is 0 Å². The minimum Gasteiger partial charge on any atom is -0.166 e. The predicted molar refractivity (Wildman–Crippen MR) is 100 cm³/mol. The first-order chi connectivity index (χ1) is 10.6. The first-order valence-electron chi connectivity index (χ1n) is 7.43. The van der Waals surface area contributed by atoms with E-state index < -0.39 is 0 Å². The molecule has 0 atom stereocenters. The lowest BCUT2D eigenvalue weighted by Crippen LogP contribution is -1.95. The number of fused-ring (bicyclic) bond motifs is 3. The molecule has 1 aliphatic rings. The van der Waals surface area contributed by atoms with Gasteiger partial charge in [0.2, 0.25) is 11.4 Å². The number of aryl methyl sites for hydroxylation is 1. The number of rotatable bonds is 3. The van der Waals surface area contributed by atoms with Gasteiger partial charge < -0.3 is 0 Å². The van der Waals surface area contributed by atoms with Gasteiger partial charge in [0, 0.05) is 12.1 Å². The van der Waals surface area contributed by atoms with Crippen LogP contribution in [0.2, 0.25) is 0 Å². The Morgan fingerprint density at radius 1 is 0.909 bits per heavy atom. The number of hydrogen-bond acceptors (Lipinski definition) is 0. The first kappa shape index (κ1) is 14.3. The second kappa shape index (κ2) is 5.27. The average Bonchev–Trinajstić information content (AvgIpc) is 2.81. The number of hydrogen-bond donors (Lipinski definition) is 0. The average molecular weight is 286 g/mol. The van der Waals surface area contributed by atoms with Gasteiger partial charge in [-0.1, -0.05) is 43.5 Å². The van der Waals surface area contributed by atoms with E-state index in [0.717, 1.165) is 16.9 Å². The van der Waals surface area contributed by atoms with Gasteiger partial charge in [0.1, 0.15) is 6.72 Å². The summed E-state index contributed by atoms with van der Waals surface area (Å²) in [6.07, 6.45) is 8.04. The van der Waals surface area contributed by atoms with E-state index in [4.69, 9.17) is 0 Å². The Kier molecular flexibility index (Phi) is 3.42. The van der Waals surface area contributed by atoms with E-state index >= 15 is 0 Å². The molecule has 108 valence electrons. The number of nitrogens with zero attached hydrogens (tertiary/aromatic N) is 1. The molecule has 0 unspecified atom stereocenters. The first-order valence-corrected chi connectivity index (χ1v) is 7.43. The minimum absolute atomic E-state index is 1.12. The third-order valence-electron chi connectivity index (χ3n) is 4.28. The summed E-state index contributed by atoms with van der Waals surface area (Å²) in [6.45, 7) is 16.4. The van der Waals surface area contributed by atoms with Crippen molar-refractivity contribution in [2.45, 2.75) is 13.8 Å². The quantitative estimate of drug-likeness (QED) is 0.533. The molecule has 2 aromatic rings. The summed E-state index contributed by atoms with van der Waals surface area (Å²) in [5.41, 5.74) is 9.37. The normalized spacial score (nSPS) is 12.4. The maximum Gasteiger partial charge on any atom is 0.219 e. The lowest BCUT2D eigenvalue weighted by molar-refractivity contribution is 1.15. The van der Waals surface area contributed by atoms with Crippen molar-refractivity contribution in [2.24, 2.45) is 0 Å². The summed E-state index contributed by atoms with van der Waals surface area (Å²) >= 11 is 0. The summed E-state index contributed by atoms with van der Waals surface area (Å²) in [4.78, 5) is 0. The van der Waals surface area contributed by atoms with Crippen LogP contribution in [0.3, 0.4) is 0 Å². The standard InChI is InChI=1S/C21H20N/c1-6-9-15-11-13-19-21(17(15)8-3)20-16(7-2)14(4)10-12-18(20)22(19)5/h6-13H,2-3,5H2,1,4H3/q+1/b9-6-. The fourth-order valence-electron chi connectivity index (χ4n) is 3.25. The molecule has 2 aromatic carbocycles. The van der Waals surface area contributed by atoms with Crippen molar-refractivity contribution in [3.8, 4) is 11.1 Å². The molecule has 0 radical (unpaired) electrons. The Hall–Kier alpha value is -2.67. The zero-order valence-electron chi connectivity index (χ0n) is 13.2. The Morgan fingerprint density at radius 3 is 2.09 bits per heavy atom. The third-order valence-corrected chi connectivity index (χ3v) is 4.28. The largest absolute Gasteiger partial charge is 0.219 e. The van der Waals surface area contributed by atoms with Crippen LogP contribution in [0.25, 0.3) is 29.4 Å². The van der Waals surface area contributed by atoms with Gasteiger partial charge in [-0.2, -0.15) is 4.58 Å². The summed E-state index contributed by atoms with van der Waals surface area (Å²) in [6, 6.07) is 8.51. The van der Waals surface area contributed by atoms with E-state index in [1.807, 2.05) is 23.7 Å². The van der Waals surface area contributed by atoms with Crippen LogP contribution in [0.15, 0.2) is 43.5 Å².